The van der Waals surface area contributed by atoms with Crippen molar-refractivity contribution in [2.45, 2.75) is 18.2 Å². The normalized spacial score (nSPS) is 25.6. The Balaban J connectivity index is 1.83. The van der Waals surface area contributed by atoms with Gasteiger partial charge in [0.25, 0.3) is 0 Å². The molecule has 1 saturated carbocycles. The Morgan fingerprint density at radius 2 is 2.36 bits per heavy atom. The first-order valence-corrected chi connectivity index (χ1v) is 5.18. The summed E-state index contributed by atoms with van der Waals surface area (Å²) in [5.41, 5.74) is 0. The number of alkyl halides is 1. The fraction of sp³-hybridized carbons (Fsp3) is 0.500. The van der Waals surface area contributed by atoms with Gasteiger partial charge in [0, 0.05) is 18.1 Å². The summed E-state index contributed by atoms with van der Waals surface area (Å²) in [5.74, 6) is 0.610. The highest BCUT2D eigenvalue weighted by Gasteiger charge is 2.26. The van der Waals surface area contributed by atoms with Crippen molar-refractivity contribution in [3.8, 4) is 0 Å². The van der Waals surface area contributed by atoms with Gasteiger partial charge in [0.15, 0.2) is 11.6 Å². The molecule has 0 radical (unpaired) electrons. The fourth-order valence-electron chi connectivity index (χ4n) is 1.58. The monoisotopic (exact) mass is 214 g/mol. The lowest BCUT2D eigenvalue weighted by Crippen LogP contribution is -2.30. The van der Waals surface area contributed by atoms with Gasteiger partial charge in [-0.25, -0.2) is 9.37 Å². The Bertz CT molecular complexity index is 313. The molecule has 0 aliphatic heterocycles. The summed E-state index contributed by atoms with van der Waals surface area (Å²) in [4.78, 5) is 3.91. The van der Waals surface area contributed by atoms with Crippen LogP contribution < -0.4 is 5.32 Å². The Morgan fingerprint density at radius 3 is 3.00 bits per heavy atom. The molecule has 14 heavy (non-hydrogen) atoms. The van der Waals surface area contributed by atoms with E-state index in [0.29, 0.717) is 17.1 Å². The zero-order valence-corrected chi connectivity index (χ0v) is 8.47. The summed E-state index contributed by atoms with van der Waals surface area (Å²) in [5, 5.41) is 3.31. The summed E-state index contributed by atoms with van der Waals surface area (Å²) >= 11 is 5.84. The number of hydrogen-bond donors (Lipinski definition) is 1. The molecule has 0 aromatic carbocycles. The third-order valence-corrected chi connectivity index (χ3v) is 2.85. The van der Waals surface area contributed by atoms with E-state index in [2.05, 4.69) is 10.3 Å². The molecule has 1 aromatic rings. The summed E-state index contributed by atoms with van der Waals surface area (Å²) < 4.78 is 13.1. The van der Waals surface area contributed by atoms with Crippen molar-refractivity contribution in [2.24, 2.45) is 5.92 Å². The van der Waals surface area contributed by atoms with Gasteiger partial charge in [-0.05, 0) is 30.9 Å². The summed E-state index contributed by atoms with van der Waals surface area (Å²) in [7, 11) is 0. The van der Waals surface area contributed by atoms with E-state index in [1.165, 1.54) is 6.07 Å². The maximum atomic E-state index is 13.1. The van der Waals surface area contributed by atoms with Crippen molar-refractivity contribution in [3.05, 3.63) is 24.1 Å². The quantitative estimate of drug-likeness (QED) is 0.783. The number of anilines is 1. The SMILES string of the molecule is Fc1cccnc1NCC1CC(Cl)C1. The maximum absolute atomic E-state index is 13.1. The van der Waals surface area contributed by atoms with E-state index in [-0.39, 0.29) is 5.82 Å². The predicted octanol–water partition coefficient (Wildman–Crippen LogP) is 2.65. The van der Waals surface area contributed by atoms with Crippen LogP contribution in [0.3, 0.4) is 0 Å². The molecule has 0 spiro atoms. The first kappa shape index (κ1) is 9.71. The van der Waals surface area contributed by atoms with Gasteiger partial charge in [0.1, 0.15) is 0 Å². The highest BCUT2D eigenvalue weighted by Crippen LogP contribution is 2.31. The number of rotatable bonds is 3. The standard InChI is InChI=1S/C10H12ClFN2/c11-8-4-7(5-8)6-14-10-9(12)2-1-3-13-10/h1-3,7-8H,4-6H2,(H,13,14). The molecule has 0 amide bonds. The van der Waals surface area contributed by atoms with Crippen LogP contribution in [0, 0.1) is 11.7 Å². The second-order valence-corrected chi connectivity index (χ2v) is 4.27. The van der Waals surface area contributed by atoms with Gasteiger partial charge in [-0.2, -0.15) is 0 Å². The van der Waals surface area contributed by atoms with E-state index < -0.39 is 0 Å². The van der Waals surface area contributed by atoms with E-state index >= 15 is 0 Å². The average Bonchev–Trinajstić information content (AvgIpc) is 2.13. The first-order chi connectivity index (χ1) is 6.75. The molecule has 0 saturated heterocycles. The number of hydrogen-bond acceptors (Lipinski definition) is 2. The van der Waals surface area contributed by atoms with Crippen LogP contribution in [0.5, 0.6) is 0 Å². The van der Waals surface area contributed by atoms with Crippen molar-refractivity contribution < 1.29 is 4.39 Å². The van der Waals surface area contributed by atoms with Gasteiger partial charge in [-0.3, -0.25) is 0 Å². The number of nitrogens with zero attached hydrogens (tertiary/aromatic N) is 1. The summed E-state index contributed by atoms with van der Waals surface area (Å²) in [6, 6.07) is 2.99. The van der Waals surface area contributed by atoms with E-state index in [0.717, 1.165) is 19.4 Å². The van der Waals surface area contributed by atoms with E-state index in [1.807, 2.05) is 0 Å². The molecule has 1 aliphatic carbocycles. The molecule has 1 N–H and O–H groups in total. The van der Waals surface area contributed by atoms with Gasteiger partial charge in [0.05, 0.1) is 0 Å². The van der Waals surface area contributed by atoms with Crippen LogP contribution in [-0.2, 0) is 0 Å². The van der Waals surface area contributed by atoms with Gasteiger partial charge < -0.3 is 5.32 Å². The first-order valence-electron chi connectivity index (χ1n) is 4.74. The summed E-state index contributed by atoms with van der Waals surface area (Å²) in [6.45, 7) is 0.761. The van der Waals surface area contributed by atoms with Crippen LogP contribution in [0.25, 0.3) is 0 Å². The second-order valence-electron chi connectivity index (χ2n) is 3.65. The Morgan fingerprint density at radius 1 is 1.57 bits per heavy atom. The Labute approximate surface area is 87.5 Å². The lowest BCUT2D eigenvalue weighted by molar-refractivity contribution is 0.341. The molecule has 2 nitrogen and oxygen atoms in total. The fourth-order valence-corrected chi connectivity index (χ4v) is 2.08. The number of aromatic nitrogens is 1. The van der Waals surface area contributed by atoms with Crippen LogP contribution >= 0.6 is 11.6 Å². The molecule has 76 valence electrons. The molecule has 1 aromatic heterocycles. The molecule has 4 heteroatoms. The highest BCUT2D eigenvalue weighted by atomic mass is 35.5. The van der Waals surface area contributed by atoms with Crippen LogP contribution in [0.15, 0.2) is 18.3 Å². The maximum Gasteiger partial charge on any atom is 0.165 e. The number of halogens is 2. The molecular formula is C10H12ClFN2. The van der Waals surface area contributed by atoms with Gasteiger partial charge in [-0.15, -0.1) is 11.6 Å². The van der Waals surface area contributed by atoms with Crippen LogP contribution in [0.4, 0.5) is 10.2 Å². The minimum atomic E-state index is -0.297. The Kier molecular flexibility index (Phi) is 2.87. The van der Waals surface area contributed by atoms with Crippen LogP contribution in [0.2, 0.25) is 0 Å². The van der Waals surface area contributed by atoms with Crippen molar-refractivity contribution in [2.75, 3.05) is 11.9 Å². The smallest absolute Gasteiger partial charge is 0.165 e. The molecule has 1 fully saturated rings. The molecule has 0 unspecified atom stereocenters. The van der Waals surface area contributed by atoms with Crippen molar-refractivity contribution in [1.29, 1.82) is 0 Å². The molecule has 0 atom stereocenters. The lowest BCUT2D eigenvalue weighted by Gasteiger charge is -2.30. The third-order valence-electron chi connectivity index (χ3n) is 2.49. The lowest BCUT2D eigenvalue weighted by atomic mass is 9.85. The number of nitrogens with one attached hydrogen (secondary N) is 1. The van der Waals surface area contributed by atoms with E-state index in [1.54, 1.807) is 12.3 Å². The van der Waals surface area contributed by atoms with Crippen molar-refractivity contribution in [3.63, 3.8) is 0 Å². The van der Waals surface area contributed by atoms with Crippen molar-refractivity contribution in [1.82, 2.24) is 4.98 Å². The highest BCUT2D eigenvalue weighted by molar-refractivity contribution is 6.21. The van der Waals surface area contributed by atoms with Crippen LogP contribution in [0.1, 0.15) is 12.8 Å². The van der Waals surface area contributed by atoms with Gasteiger partial charge >= 0.3 is 0 Å². The second kappa shape index (κ2) is 4.13. The molecular weight excluding hydrogens is 203 g/mol. The topological polar surface area (TPSA) is 24.9 Å². The predicted molar refractivity (Wildman–Crippen MR) is 55.0 cm³/mol. The minimum Gasteiger partial charge on any atom is -0.367 e. The van der Waals surface area contributed by atoms with Crippen molar-refractivity contribution >= 4 is 17.4 Å². The minimum absolute atomic E-state index is 0.297. The van der Waals surface area contributed by atoms with Gasteiger partial charge in [-0.1, -0.05) is 0 Å². The molecule has 0 bridgehead atoms. The van der Waals surface area contributed by atoms with E-state index in [4.69, 9.17) is 11.6 Å². The Hall–Kier alpha value is -0.830. The average molecular weight is 215 g/mol. The summed E-state index contributed by atoms with van der Waals surface area (Å²) in [6.07, 6.45) is 3.61. The zero-order valence-electron chi connectivity index (χ0n) is 7.71. The third kappa shape index (κ3) is 2.15. The van der Waals surface area contributed by atoms with Crippen LogP contribution in [-0.4, -0.2) is 16.9 Å². The molecule has 1 heterocycles. The molecule has 1 aliphatic rings. The van der Waals surface area contributed by atoms with E-state index in [9.17, 15) is 4.39 Å². The molecule has 2 rings (SSSR count). The largest absolute Gasteiger partial charge is 0.367 e. The van der Waals surface area contributed by atoms with Gasteiger partial charge in [0.2, 0.25) is 0 Å². The number of pyridine rings is 1. The zero-order chi connectivity index (χ0) is 9.97.